The van der Waals surface area contributed by atoms with Crippen molar-refractivity contribution >= 4 is 17.9 Å². The van der Waals surface area contributed by atoms with Crippen LogP contribution in [0.2, 0.25) is 0 Å². The number of rotatable bonds is 69. The summed E-state index contributed by atoms with van der Waals surface area (Å²) >= 11 is 0. The summed E-state index contributed by atoms with van der Waals surface area (Å²) in [5.41, 5.74) is 0. The molecule has 0 aromatic heterocycles. The predicted octanol–water partition coefficient (Wildman–Crippen LogP) is 21.9. The van der Waals surface area contributed by atoms with Gasteiger partial charge in [-0.3, -0.25) is 9.59 Å². The average molecular weight is 1220 g/mol. The van der Waals surface area contributed by atoms with E-state index in [4.69, 9.17) is 18.9 Å². The van der Waals surface area contributed by atoms with Crippen molar-refractivity contribution < 1.29 is 42.9 Å². The van der Waals surface area contributed by atoms with E-state index >= 15 is 0 Å². The molecule has 0 spiro atoms. The number of hydrogen-bond donors (Lipinski definition) is 0. The molecule has 0 saturated carbocycles. The number of carboxylic acids is 1. The van der Waals surface area contributed by atoms with Gasteiger partial charge in [-0.05, 0) is 83.5 Å². The zero-order valence-electron chi connectivity index (χ0n) is 57.9. The van der Waals surface area contributed by atoms with E-state index < -0.39 is 24.3 Å². The van der Waals surface area contributed by atoms with Gasteiger partial charge in [-0.1, -0.05) is 324 Å². The molecule has 0 aliphatic heterocycles. The number of aliphatic carboxylic acids is 1. The van der Waals surface area contributed by atoms with Gasteiger partial charge >= 0.3 is 11.9 Å². The minimum absolute atomic E-state index is 0.149. The van der Waals surface area contributed by atoms with Crippen molar-refractivity contribution in [1.29, 1.82) is 0 Å². The van der Waals surface area contributed by atoms with Crippen LogP contribution < -0.4 is 5.11 Å². The minimum atomic E-state index is -1.62. The molecule has 0 radical (unpaired) electrons. The summed E-state index contributed by atoms with van der Waals surface area (Å²) in [6.45, 7) is 4.68. The average Bonchev–Trinajstić information content (AvgIpc) is 3.59. The Morgan fingerprint density at radius 1 is 0.356 bits per heavy atom. The van der Waals surface area contributed by atoms with Gasteiger partial charge in [0, 0.05) is 12.8 Å². The van der Waals surface area contributed by atoms with Gasteiger partial charge in [0.1, 0.15) is 13.2 Å². The molecule has 0 aromatic rings. The second-order valence-electron chi connectivity index (χ2n) is 26.2. The number of esters is 2. The molecule has 0 amide bonds. The number of quaternary nitrogens is 1. The molecule has 9 nitrogen and oxygen atoms in total. The normalized spacial score (nSPS) is 13.1. The van der Waals surface area contributed by atoms with E-state index in [0.717, 1.165) is 64.2 Å². The van der Waals surface area contributed by atoms with Crippen LogP contribution in [-0.2, 0) is 33.3 Å². The Labute approximate surface area is 538 Å². The first-order valence-electron chi connectivity index (χ1n) is 37.1. The molecule has 0 rings (SSSR count). The molecule has 87 heavy (non-hydrogen) atoms. The third-order valence-corrected chi connectivity index (χ3v) is 16.4. The lowest BCUT2D eigenvalue weighted by atomic mass is 10.0. The fourth-order valence-corrected chi connectivity index (χ4v) is 10.8. The second kappa shape index (κ2) is 68.6. The number of hydrogen-bond acceptors (Lipinski definition) is 8. The van der Waals surface area contributed by atoms with Crippen molar-refractivity contribution in [2.24, 2.45) is 0 Å². The maximum Gasteiger partial charge on any atom is 0.306 e. The van der Waals surface area contributed by atoms with E-state index in [0.29, 0.717) is 23.9 Å². The summed E-state index contributed by atoms with van der Waals surface area (Å²) in [5, 5.41) is 11.8. The summed E-state index contributed by atoms with van der Waals surface area (Å²) in [6, 6.07) is 0. The van der Waals surface area contributed by atoms with Crippen molar-refractivity contribution in [1.82, 2.24) is 0 Å². The van der Waals surface area contributed by atoms with Crippen LogP contribution in [0.1, 0.15) is 348 Å². The van der Waals surface area contributed by atoms with Crippen LogP contribution in [0.3, 0.4) is 0 Å². The topological polar surface area (TPSA) is 111 Å². The molecule has 9 heteroatoms. The molecule has 0 N–H and O–H groups in total. The van der Waals surface area contributed by atoms with Gasteiger partial charge in [0.2, 0.25) is 0 Å². The highest BCUT2D eigenvalue weighted by atomic mass is 16.7. The monoisotopic (exact) mass is 1220 g/mol. The van der Waals surface area contributed by atoms with Crippen molar-refractivity contribution in [2.75, 3.05) is 47.5 Å². The number of likely N-dealkylation sites (N-methyl/N-ethyl adjacent to an activating group) is 1. The summed E-state index contributed by atoms with van der Waals surface area (Å²) < 4.78 is 22.8. The number of carboxylic acid groups (broad SMARTS) is 1. The SMILES string of the molecule is CC/C=C\C/C=C\C/C=C\C/C=C\CCCCCCCCCCCCCCCCCCCCCCC(=O)OC(COC(=O)CCCCCCCCCCCCCCCCCCC/C=C\C/C=C\CCCCCCC)COC(OCC[N+](C)(C)C)C(=O)[O-]. The summed E-state index contributed by atoms with van der Waals surface area (Å²) in [6.07, 6.45) is 88.6. The molecule has 2 unspecified atom stereocenters. The van der Waals surface area contributed by atoms with Gasteiger partial charge in [-0.15, -0.1) is 0 Å². The number of ether oxygens (including phenoxy) is 4. The van der Waals surface area contributed by atoms with Crippen LogP contribution in [0.4, 0.5) is 0 Å². The van der Waals surface area contributed by atoms with Crippen molar-refractivity contribution in [3.05, 3.63) is 72.9 Å². The Balaban J connectivity index is 4.04. The standard InChI is InChI=1S/C78H141NO8/c1-6-8-10-12-14-16-18-20-22-24-26-28-30-32-34-36-37-38-39-41-43-45-47-49-51-53-55-57-59-61-63-65-67-69-76(81)87-74(73-86-78(77(82)83)84-71-70-79(3,4)5)72-85-75(80)68-66-64-62-60-58-56-54-52-50-48-46-44-42-40-35-33-31-29-27-25-23-21-19-17-15-13-11-9-7-2/h8,10,14,16,19-22,25-28,74,78H,6-7,9,11-13,15,17-18,23-24,29-73H2,1-5H3/b10-8-,16-14-,21-19-,22-20-,27-25-,28-26-. The number of allylic oxidation sites excluding steroid dienone is 12. The second-order valence-corrected chi connectivity index (χ2v) is 26.2. The smallest absolute Gasteiger partial charge is 0.306 e. The highest BCUT2D eigenvalue weighted by Crippen LogP contribution is 2.19. The number of nitrogens with zero attached hydrogens (tertiary/aromatic N) is 1. The van der Waals surface area contributed by atoms with Gasteiger partial charge in [0.05, 0.1) is 40.3 Å². The lowest BCUT2D eigenvalue weighted by Gasteiger charge is -2.26. The number of unbranched alkanes of at least 4 members (excludes halogenated alkanes) is 42. The fourth-order valence-electron chi connectivity index (χ4n) is 10.8. The molecule has 0 aliphatic rings. The van der Waals surface area contributed by atoms with E-state index in [1.165, 1.54) is 250 Å². The Morgan fingerprint density at radius 3 is 0.977 bits per heavy atom. The van der Waals surface area contributed by atoms with E-state index in [1.807, 2.05) is 21.1 Å². The first-order valence-corrected chi connectivity index (χ1v) is 37.1. The quantitative estimate of drug-likeness (QED) is 0.0195. The molecule has 0 saturated heterocycles. The summed E-state index contributed by atoms with van der Waals surface area (Å²) in [4.78, 5) is 37.5. The Kier molecular flexibility index (Phi) is 66.1. The van der Waals surface area contributed by atoms with Gasteiger partial charge in [0.15, 0.2) is 12.4 Å². The van der Waals surface area contributed by atoms with Gasteiger partial charge < -0.3 is 33.3 Å². The van der Waals surface area contributed by atoms with Gasteiger partial charge in [-0.2, -0.15) is 0 Å². The predicted molar refractivity (Wildman–Crippen MR) is 371 cm³/mol. The lowest BCUT2D eigenvalue weighted by molar-refractivity contribution is -0.870. The molecule has 0 fully saturated rings. The number of carbonyl (C=O) groups excluding carboxylic acids is 3. The van der Waals surface area contributed by atoms with E-state index in [9.17, 15) is 19.5 Å². The zero-order chi connectivity index (χ0) is 63.3. The van der Waals surface area contributed by atoms with E-state index in [1.54, 1.807) is 0 Å². The first kappa shape index (κ1) is 83.7. The molecule has 0 heterocycles. The highest BCUT2D eigenvalue weighted by Gasteiger charge is 2.22. The van der Waals surface area contributed by atoms with Crippen LogP contribution >= 0.6 is 0 Å². The fraction of sp³-hybridized carbons (Fsp3) is 0.808. The van der Waals surface area contributed by atoms with Gasteiger partial charge in [-0.25, -0.2) is 0 Å². The third-order valence-electron chi connectivity index (χ3n) is 16.4. The van der Waals surface area contributed by atoms with Gasteiger partial charge in [0.25, 0.3) is 0 Å². The first-order chi connectivity index (χ1) is 42.6. The van der Waals surface area contributed by atoms with Crippen molar-refractivity contribution in [3.8, 4) is 0 Å². The lowest BCUT2D eigenvalue weighted by Crippen LogP contribution is -2.44. The third kappa shape index (κ3) is 70.1. The Bertz CT molecular complexity index is 1660. The molecule has 0 aromatic carbocycles. The van der Waals surface area contributed by atoms with Crippen molar-refractivity contribution in [2.45, 2.75) is 360 Å². The van der Waals surface area contributed by atoms with Crippen molar-refractivity contribution in [3.63, 3.8) is 0 Å². The largest absolute Gasteiger partial charge is 0.545 e. The molecule has 0 aliphatic carbocycles. The maximum absolute atomic E-state index is 13.0. The Hall–Kier alpha value is -3.27. The molecule has 506 valence electrons. The Morgan fingerprint density at radius 2 is 0.655 bits per heavy atom. The molecular formula is C78H141NO8. The van der Waals surface area contributed by atoms with Crippen LogP contribution in [0.15, 0.2) is 72.9 Å². The van der Waals surface area contributed by atoms with E-state index in [-0.39, 0.29) is 32.2 Å². The minimum Gasteiger partial charge on any atom is -0.545 e. The van der Waals surface area contributed by atoms with E-state index in [2.05, 4.69) is 86.8 Å². The molecule has 2 atom stereocenters. The van der Waals surface area contributed by atoms with Crippen LogP contribution in [0, 0.1) is 0 Å². The highest BCUT2D eigenvalue weighted by molar-refractivity contribution is 5.70. The molecular weight excluding hydrogens is 1080 g/mol. The zero-order valence-corrected chi connectivity index (χ0v) is 57.9. The summed E-state index contributed by atoms with van der Waals surface area (Å²) in [7, 11) is 5.94. The van der Waals surface area contributed by atoms with Crippen LogP contribution in [0.25, 0.3) is 0 Å². The number of carbonyl (C=O) groups is 3. The molecule has 0 bridgehead atoms. The maximum atomic E-state index is 13.0. The van der Waals surface area contributed by atoms with Crippen LogP contribution in [-0.4, -0.2) is 82.3 Å². The van der Waals surface area contributed by atoms with Crippen LogP contribution in [0.5, 0.6) is 0 Å². The summed E-state index contributed by atoms with van der Waals surface area (Å²) in [5.74, 6) is -2.26.